The van der Waals surface area contributed by atoms with Gasteiger partial charge >= 0.3 is 0 Å². The average Bonchev–Trinajstić information content (AvgIpc) is 2.63. The normalized spacial score (nSPS) is 13.2. The quantitative estimate of drug-likeness (QED) is 0.579. The molecule has 26 heavy (non-hydrogen) atoms. The number of benzene rings is 2. The van der Waals surface area contributed by atoms with Crippen molar-refractivity contribution in [3.05, 3.63) is 73.8 Å². The number of nitrogens with zero attached hydrogens (tertiary/aromatic N) is 2. The minimum atomic E-state index is -0.464. The lowest BCUT2D eigenvalue weighted by Crippen LogP contribution is -2.28. The van der Waals surface area contributed by atoms with Gasteiger partial charge in [-0.25, -0.2) is 0 Å². The van der Waals surface area contributed by atoms with Gasteiger partial charge in [-0.05, 0) is 54.0 Å². The first-order chi connectivity index (χ1) is 12.4. The maximum absolute atomic E-state index is 12.6. The number of halogens is 1. The first kappa shape index (κ1) is 18.4. The second kappa shape index (κ2) is 7.87. The van der Waals surface area contributed by atoms with Gasteiger partial charge in [0.25, 0.3) is 5.69 Å². The molecule has 0 saturated heterocycles. The number of nitro groups is 1. The van der Waals surface area contributed by atoms with Gasteiger partial charge in [0.2, 0.25) is 5.91 Å². The molecule has 3 rings (SSSR count). The van der Waals surface area contributed by atoms with E-state index in [2.05, 4.69) is 12.1 Å². The van der Waals surface area contributed by atoms with Gasteiger partial charge in [-0.1, -0.05) is 29.8 Å². The second-order valence-corrected chi connectivity index (χ2v) is 7.18. The number of hydrogen-bond donors (Lipinski definition) is 0. The summed E-state index contributed by atoms with van der Waals surface area (Å²) in [6, 6.07) is 10.6. The van der Waals surface area contributed by atoms with Crippen molar-refractivity contribution in [2.45, 2.75) is 38.6 Å². The fourth-order valence-corrected chi connectivity index (χ4v) is 3.52. The Labute approximate surface area is 157 Å². The summed E-state index contributed by atoms with van der Waals surface area (Å²) >= 11 is 6.13. The molecule has 1 aliphatic rings. The van der Waals surface area contributed by atoms with E-state index in [9.17, 15) is 14.9 Å². The minimum Gasteiger partial charge on any atom is -0.341 e. The van der Waals surface area contributed by atoms with Crippen LogP contribution in [0.5, 0.6) is 0 Å². The van der Waals surface area contributed by atoms with Gasteiger partial charge in [0.15, 0.2) is 0 Å². The highest BCUT2D eigenvalue weighted by Crippen LogP contribution is 2.24. The zero-order valence-electron chi connectivity index (χ0n) is 14.7. The molecule has 5 nitrogen and oxygen atoms in total. The first-order valence-electron chi connectivity index (χ1n) is 8.71. The summed E-state index contributed by atoms with van der Waals surface area (Å²) < 4.78 is 0. The van der Waals surface area contributed by atoms with Crippen molar-refractivity contribution >= 4 is 23.2 Å². The predicted octanol–water partition coefficient (Wildman–Crippen LogP) is 4.33. The van der Waals surface area contributed by atoms with E-state index in [1.165, 1.54) is 42.2 Å². The van der Waals surface area contributed by atoms with E-state index < -0.39 is 4.92 Å². The SMILES string of the molecule is CN(Cc1cc([N+](=O)[O-])ccc1Cl)C(=O)Cc1ccc2c(c1)CCCC2. The van der Waals surface area contributed by atoms with Crippen molar-refractivity contribution in [2.24, 2.45) is 0 Å². The molecule has 0 aromatic heterocycles. The predicted molar refractivity (Wildman–Crippen MR) is 101 cm³/mol. The van der Waals surface area contributed by atoms with E-state index in [-0.39, 0.29) is 18.1 Å². The molecule has 136 valence electrons. The molecular formula is C20H21ClN2O3. The molecule has 0 atom stereocenters. The van der Waals surface area contributed by atoms with Crippen molar-refractivity contribution in [1.29, 1.82) is 0 Å². The van der Waals surface area contributed by atoms with Crippen LogP contribution in [-0.4, -0.2) is 22.8 Å². The summed E-state index contributed by atoms with van der Waals surface area (Å²) in [5.41, 5.74) is 4.30. The molecule has 0 heterocycles. The average molecular weight is 373 g/mol. The molecular weight excluding hydrogens is 352 g/mol. The first-order valence-corrected chi connectivity index (χ1v) is 9.09. The molecule has 1 amide bonds. The third-order valence-electron chi connectivity index (χ3n) is 4.84. The maximum Gasteiger partial charge on any atom is 0.269 e. The molecule has 1 aliphatic carbocycles. The zero-order valence-corrected chi connectivity index (χ0v) is 15.5. The Morgan fingerprint density at radius 2 is 1.88 bits per heavy atom. The Bertz CT molecular complexity index is 851. The largest absolute Gasteiger partial charge is 0.341 e. The molecule has 2 aromatic rings. The second-order valence-electron chi connectivity index (χ2n) is 6.77. The van der Waals surface area contributed by atoms with Crippen LogP contribution in [0, 0.1) is 10.1 Å². The van der Waals surface area contributed by atoms with Crippen molar-refractivity contribution in [1.82, 2.24) is 4.90 Å². The summed E-state index contributed by atoms with van der Waals surface area (Å²) in [4.78, 5) is 24.6. The van der Waals surface area contributed by atoms with Crippen molar-refractivity contribution in [3.63, 3.8) is 0 Å². The summed E-state index contributed by atoms with van der Waals surface area (Å²) in [5.74, 6) is -0.0386. The van der Waals surface area contributed by atoms with E-state index in [4.69, 9.17) is 11.6 Å². The van der Waals surface area contributed by atoms with E-state index in [0.717, 1.165) is 18.4 Å². The minimum absolute atomic E-state index is 0.0278. The Morgan fingerprint density at radius 1 is 1.15 bits per heavy atom. The number of carbonyl (C=O) groups excluding carboxylic acids is 1. The zero-order chi connectivity index (χ0) is 18.7. The fourth-order valence-electron chi connectivity index (χ4n) is 3.35. The smallest absolute Gasteiger partial charge is 0.269 e. The topological polar surface area (TPSA) is 63.4 Å². The van der Waals surface area contributed by atoms with Gasteiger partial charge in [-0.15, -0.1) is 0 Å². The highest BCUT2D eigenvalue weighted by molar-refractivity contribution is 6.31. The summed E-state index contributed by atoms with van der Waals surface area (Å²) in [6.45, 7) is 0.240. The number of aryl methyl sites for hydroxylation is 2. The monoisotopic (exact) mass is 372 g/mol. The molecule has 0 fully saturated rings. The number of hydrogen-bond acceptors (Lipinski definition) is 3. The summed E-state index contributed by atoms with van der Waals surface area (Å²) in [5, 5.41) is 11.3. The molecule has 0 bridgehead atoms. The Hall–Kier alpha value is -2.40. The summed E-state index contributed by atoms with van der Waals surface area (Å²) in [6.07, 6.45) is 4.95. The molecule has 0 spiro atoms. The lowest BCUT2D eigenvalue weighted by molar-refractivity contribution is -0.384. The van der Waals surface area contributed by atoms with Gasteiger partial charge in [0, 0.05) is 30.7 Å². The molecule has 0 N–H and O–H groups in total. The van der Waals surface area contributed by atoms with E-state index in [1.807, 2.05) is 6.07 Å². The Balaban J connectivity index is 1.68. The van der Waals surface area contributed by atoms with Gasteiger partial charge in [-0.3, -0.25) is 14.9 Å². The van der Waals surface area contributed by atoms with Crippen molar-refractivity contribution in [2.75, 3.05) is 7.05 Å². The van der Waals surface area contributed by atoms with Crippen LogP contribution in [0.4, 0.5) is 5.69 Å². The highest BCUT2D eigenvalue weighted by Gasteiger charge is 2.16. The van der Waals surface area contributed by atoms with Gasteiger partial charge < -0.3 is 4.90 Å². The van der Waals surface area contributed by atoms with E-state index >= 15 is 0 Å². The molecule has 2 aromatic carbocycles. The van der Waals surface area contributed by atoms with Crippen LogP contribution in [0.2, 0.25) is 5.02 Å². The fraction of sp³-hybridized carbons (Fsp3) is 0.350. The highest BCUT2D eigenvalue weighted by atomic mass is 35.5. The van der Waals surface area contributed by atoms with Crippen LogP contribution in [0.25, 0.3) is 0 Å². The third-order valence-corrected chi connectivity index (χ3v) is 5.21. The van der Waals surface area contributed by atoms with Crippen molar-refractivity contribution < 1.29 is 9.72 Å². The number of carbonyl (C=O) groups is 1. The Morgan fingerprint density at radius 3 is 2.62 bits per heavy atom. The maximum atomic E-state index is 12.6. The van der Waals surface area contributed by atoms with Crippen LogP contribution >= 0.6 is 11.6 Å². The third kappa shape index (κ3) is 4.22. The summed E-state index contributed by atoms with van der Waals surface area (Å²) in [7, 11) is 1.69. The van der Waals surface area contributed by atoms with E-state index in [1.54, 1.807) is 11.9 Å². The molecule has 0 aliphatic heterocycles. The number of rotatable bonds is 5. The number of nitro benzene ring substituents is 1. The molecule has 6 heteroatoms. The number of non-ortho nitro benzene ring substituents is 1. The standard InChI is InChI=1S/C20H21ClN2O3/c1-22(13-17-12-18(23(25)26)8-9-19(17)21)20(24)11-14-6-7-15-4-2-3-5-16(15)10-14/h6-10,12H,2-5,11,13H2,1H3. The van der Waals surface area contributed by atoms with Crippen LogP contribution in [0.15, 0.2) is 36.4 Å². The van der Waals surface area contributed by atoms with Gasteiger partial charge in [-0.2, -0.15) is 0 Å². The lowest BCUT2D eigenvalue weighted by atomic mass is 9.90. The van der Waals surface area contributed by atoms with Crippen LogP contribution < -0.4 is 0 Å². The van der Waals surface area contributed by atoms with Gasteiger partial charge in [0.1, 0.15) is 0 Å². The molecule has 0 unspecified atom stereocenters. The lowest BCUT2D eigenvalue weighted by Gasteiger charge is -2.20. The molecule has 0 radical (unpaired) electrons. The van der Waals surface area contributed by atoms with Crippen molar-refractivity contribution in [3.8, 4) is 0 Å². The number of amides is 1. The number of fused-ring (bicyclic) bond motifs is 1. The van der Waals surface area contributed by atoms with Crippen LogP contribution in [0.3, 0.4) is 0 Å². The van der Waals surface area contributed by atoms with Crippen LogP contribution in [-0.2, 0) is 30.6 Å². The van der Waals surface area contributed by atoms with E-state index in [0.29, 0.717) is 17.0 Å². The van der Waals surface area contributed by atoms with Gasteiger partial charge in [0.05, 0.1) is 11.3 Å². The van der Waals surface area contributed by atoms with Crippen LogP contribution in [0.1, 0.15) is 35.1 Å². The Kier molecular flexibility index (Phi) is 5.57. The number of likely N-dealkylation sites (N-methyl/N-ethyl adjacent to an activating group) is 1. The molecule has 0 saturated carbocycles.